The van der Waals surface area contributed by atoms with Crippen LogP contribution in [-0.2, 0) is 14.4 Å². The van der Waals surface area contributed by atoms with Crippen molar-refractivity contribution < 1.29 is 14.4 Å². The number of rotatable bonds is 6. The van der Waals surface area contributed by atoms with Crippen molar-refractivity contribution in [2.24, 2.45) is 17.6 Å². The molecule has 3 unspecified atom stereocenters. The van der Waals surface area contributed by atoms with Crippen LogP contribution < -0.4 is 11.1 Å². The smallest absolute Gasteiger partial charge is 0.240 e. The van der Waals surface area contributed by atoms with Crippen molar-refractivity contribution in [3.63, 3.8) is 0 Å². The molecule has 3 N–H and O–H groups in total. The second-order valence-electron chi connectivity index (χ2n) is 7.99. The first-order chi connectivity index (χ1) is 12.9. The third-order valence-corrected chi connectivity index (χ3v) is 5.78. The van der Waals surface area contributed by atoms with Crippen LogP contribution in [0.5, 0.6) is 0 Å². The summed E-state index contributed by atoms with van der Waals surface area (Å²) in [4.78, 5) is 38.3. The van der Waals surface area contributed by atoms with E-state index in [1.807, 2.05) is 24.3 Å². The minimum Gasteiger partial charge on any atom is -0.353 e. The van der Waals surface area contributed by atoms with E-state index in [-0.39, 0.29) is 48.7 Å². The molecule has 1 saturated heterocycles. The molecular weight excluding hydrogens is 342 g/mol. The molecule has 3 atom stereocenters. The molecular formula is C21H29N3O3. The quantitative estimate of drug-likeness (QED) is 0.749. The fourth-order valence-corrected chi connectivity index (χ4v) is 4.06. The number of nitrogens with zero attached hydrogens (tertiary/aromatic N) is 1. The maximum absolute atomic E-state index is 12.4. The van der Waals surface area contributed by atoms with E-state index >= 15 is 0 Å². The van der Waals surface area contributed by atoms with Crippen molar-refractivity contribution in [2.45, 2.75) is 51.5 Å². The van der Waals surface area contributed by atoms with Gasteiger partial charge in [0.05, 0.1) is 11.8 Å². The first kappa shape index (κ1) is 19.5. The Hall–Kier alpha value is -2.21. The lowest BCUT2D eigenvalue weighted by atomic mass is 9.81. The third kappa shape index (κ3) is 4.21. The van der Waals surface area contributed by atoms with Crippen LogP contribution in [0.4, 0.5) is 0 Å². The highest BCUT2D eigenvalue weighted by Gasteiger charge is 2.48. The van der Waals surface area contributed by atoms with E-state index in [1.165, 1.54) is 5.56 Å². The second-order valence-corrected chi connectivity index (χ2v) is 7.99. The van der Waals surface area contributed by atoms with Gasteiger partial charge in [-0.25, -0.2) is 0 Å². The van der Waals surface area contributed by atoms with Crippen LogP contribution in [0.2, 0.25) is 0 Å². The molecule has 1 aromatic carbocycles. The largest absolute Gasteiger partial charge is 0.353 e. The Kier molecular flexibility index (Phi) is 5.95. The monoisotopic (exact) mass is 371 g/mol. The molecule has 1 aromatic rings. The van der Waals surface area contributed by atoms with Gasteiger partial charge in [0.15, 0.2) is 0 Å². The first-order valence-corrected chi connectivity index (χ1v) is 9.86. The maximum Gasteiger partial charge on any atom is 0.240 e. The van der Waals surface area contributed by atoms with Gasteiger partial charge >= 0.3 is 0 Å². The van der Waals surface area contributed by atoms with Crippen molar-refractivity contribution in [1.29, 1.82) is 0 Å². The number of nitrogens with one attached hydrogen (secondary N) is 1. The van der Waals surface area contributed by atoms with Gasteiger partial charge in [0, 0.05) is 12.6 Å². The van der Waals surface area contributed by atoms with Crippen molar-refractivity contribution in [1.82, 2.24) is 10.2 Å². The van der Waals surface area contributed by atoms with Crippen molar-refractivity contribution in [3.05, 3.63) is 35.4 Å². The third-order valence-electron chi connectivity index (χ3n) is 5.78. The molecule has 27 heavy (non-hydrogen) atoms. The van der Waals surface area contributed by atoms with Gasteiger partial charge < -0.3 is 11.1 Å². The Morgan fingerprint density at radius 2 is 1.59 bits per heavy atom. The topological polar surface area (TPSA) is 92.5 Å². The molecule has 0 bridgehead atoms. The highest BCUT2D eigenvalue weighted by Crippen LogP contribution is 2.37. The first-order valence-electron chi connectivity index (χ1n) is 9.86. The van der Waals surface area contributed by atoms with Crippen LogP contribution in [0.1, 0.15) is 62.6 Å². The van der Waals surface area contributed by atoms with E-state index in [0.717, 1.165) is 36.1 Å². The number of amides is 3. The Labute approximate surface area is 160 Å². The zero-order chi connectivity index (χ0) is 19.6. The lowest BCUT2D eigenvalue weighted by molar-refractivity contribution is -0.143. The van der Waals surface area contributed by atoms with Gasteiger partial charge in [-0.3, -0.25) is 19.3 Å². The number of carbonyl (C=O) groups excluding carboxylic acids is 3. The number of carbonyl (C=O) groups is 3. The Balaban J connectivity index is 1.52. The van der Waals surface area contributed by atoms with Gasteiger partial charge in [0.1, 0.15) is 6.54 Å². The summed E-state index contributed by atoms with van der Waals surface area (Å²) in [6, 6.07) is 7.72. The van der Waals surface area contributed by atoms with Gasteiger partial charge in [-0.2, -0.15) is 0 Å². The molecule has 2 aliphatic rings. The number of fused-ring (bicyclic) bond motifs is 1. The van der Waals surface area contributed by atoms with Gasteiger partial charge in [0.25, 0.3) is 0 Å². The van der Waals surface area contributed by atoms with Crippen molar-refractivity contribution >= 4 is 17.7 Å². The summed E-state index contributed by atoms with van der Waals surface area (Å²) in [5, 5.41) is 2.76. The number of likely N-dealkylation sites (tertiary alicyclic amines) is 1. The lowest BCUT2D eigenvalue weighted by Gasteiger charge is -2.19. The van der Waals surface area contributed by atoms with E-state index in [9.17, 15) is 14.4 Å². The summed E-state index contributed by atoms with van der Waals surface area (Å²) in [5.41, 5.74) is 8.35. The Morgan fingerprint density at radius 3 is 2.11 bits per heavy atom. The van der Waals surface area contributed by atoms with E-state index < -0.39 is 0 Å². The summed E-state index contributed by atoms with van der Waals surface area (Å²) in [6.45, 7) is 4.32. The molecule has 3 rings (SSSR count). The van der Waals surface area contributed by atoms with Crippen LogP contribution in [-0.4, -0.2) is 35.7 Å². The summed E-state index contributed by atoms with van der Waals surface area (Å²) >= 11 is 0. The normalized spacial score (nSPS) is 23.5. The van der Waals surface area contributed by atoms with E-state index in [4.69, 9.17) is 5.73 Å². The SMILES string of the molecule is CC(C)c1ccc(C(N)CNC(=O)CN2C(=O)C3CCCCC3C2=O)cc1. The molecule has 6 nitrogen and oxygen atoms in total. The average molecular weight is 371 g/mol. The average Bonchev–Trinajstić information content (AvgIpc) is 2.91. The fourth-order valence-electron chi connectivity index (χ4n) is 4.06. The predicted octanol–water partition coefficient (Wildman–Crippen LogP) is 2.10. The zero-order valence-electron chi connectivity index (χ0n) is 16.1. The zero-order valence-corrected chi connectivity index (χ0v) is 16.1. The molecule has 1 aliphatic carbocycles. The molecule has 6 heteroatoms. The number of hydrogen-bond donors (Lipinski definition) is 2. The molecule has 0 radical (unpaired) electrons. The molecule has 1 saturated carbocycles. The molecule has 146 valence electrons. The van der Waals surface area contributed by atoms with Gasteiger partial charge in [-0.05, 0) is 29.9 Å². The van der Waals surface area contributed by atoms with Crippen LogP contribution in [0.25, 0.3) is 0 Å². The van der Waals surface area contributed by atoms with Crippen LogP contribution in [0, 0.1) is 11.8 Å². The minimum atomic E-state index is -0.343. The number of hydrogen-bond acceptors (Lipinski definition) is 4. The van der Waals surface area contributed by atoms with Gasteiger partial charge in [0.2, 0.25) is 17.7 Å². The Bertz CT molecular complexity index is 690. The van der Waals surface area contributed by atoms with E-state index in [0.29, 0.717) is 5.92 Å². The molecule has 0 spiro atoms. The number of nitrogens with two attached hydrogens (primary N) is 1. The van der Waals surface area contributed by atoms with Crippen LogP contribution in [0.15, 0.2) is 24.3 Å². The van der Waals surface area contributed by atoms with Gasteiger partial charge in [-0.1, -0.05) is 51.0 Å². The second kappa shape index (κ2) is 8.21. The number of imide groups is 1. The maximum atomic E-state index is 12.4. The minimum absolute atomic E-state index is 0.187. The summed E-state index contributed by atoms with van der Waals surface area (Å²) in [6.07, 6.45) is 3.46. The van der Waals surface area contributed by atoms with E-state index in [2.05, 4.69) is 19.2 Å². The Morgan fingerprint density at radius 1 is 1.07 bits per heavy atom. The highest BCUT2D eigenvalue weighted by atomic mass is 16.2. The van der Waals surface area contributed by atoms with Crippen molar-refractivity contribution in [2.75, 3.05) is 13.1 Å². The van der Waals surface area contributed by atoms with Crippen LogP contribution >= 0.6 is 0 Å². The molecule has 3 amide bonds. The molecule has 2 fully saturated rings. The fraction of sp³-hybridized carbons (Fsp3) is 0.571. The molecule has 0 aromatic heterocycles. The summed E-state index contributed by atoms with van der Waals surface area (Å²) < 4.78 is 0. The van der Waals surface area contributed by atoms with E-state index in [1.54, 1.807) is 0 Å². The molecule has 1 aliphatic heterocycles. The highest BCUT2D eigenvalue weighted by molar-refractivity contribution is 6.07. The number of benzene rings is 1. The predicted molar refractivity (Wildman–Crippen MR) is 103 cm³/mol. The lowest BCUT2D eigenvalue weighted by Crippen LogP contribution is -2.42. The van der Waals surface area contributed by atoms with Crippen molar-refractivity contribution in [3.8, 4) is 0 Å². The standard InChI is InChI=1S/C21H29N3O3/c1-13(2)14-7-9-15(10-8-14)18(22)11-23-19(25)12-24-20(26)16-5-3-4-6-17(16)21(24)27/h7-10,13,16-18H,3-6,11-12,22H2,1-2H3,(H,23,25). The molecule has 1 heterocycles. The summed E-state index contributed by atoms with van der Waals surface area (Å²) in [7, 11) is 0. The summed E-state index contributed by atoms with van der Waals surface area (Å²) in [5.74, 6) is -0.706. The van der Waals surface area contributed by atoms with Gasteiger partial charge in [-0.15, -0.1) is 0 Å². The van der Waals surface area contributed by atoms with Crippen LogP contribution in [0.3, 0.4) is 0 Å².